The lowest BCUT2D eigenvalue weighted by molar-refractivity contribution is -0.135. The normalized spacial score (nSPS) is 11.4. The van der Waals surface area contributed by atoms with Gasteiger partial charge in [0.15, 0.2) is 0 Å². The van der Waals surface area contributed by atoms with E-state index < -0.39 is 28.5 Å². The fraction of sp³-hybridized carbons (Fsp3) is 0.304. The van der Waals surface area contributed by atoms with Crippen molar-refractivity contribution in [2.45, 2.75) is 39.0 Å². The molecule has 0 aliphatic rings. The molecule has 0 radical (unpaired) electrons. The number of carbonyl (C=O) groups excluding carboxylic acids is 2. The molecule has 1 aromatic heterocycles. The standard InChI is InChI=1S/C23H23FN2O5/c1-5-18-16-11-14(7-8-15(16)22(29)31-26-18)25-21(28)19(27)12-23(2,3)17-10-13(24)6-9-20(17)30-4/h6-11H,5,12H2,1-4H3,(H,25,28). The average Bonchev–Trinajstić information content (AvgIpc) is 2.73. The number of halogens is 1. The molecule has 0 unspecified atom stereocenters. The number of methoxy groups -OCH3 is 1. The van der Waals surface area contributed by atoms with Gasteiger partial charge in [-0.2, -0.15) is 0 Å². The molecular formula is C23H23FN2O5. The van der Waals surface area contributed by atoms with Gasteiger partial charge >= 0.3 is 5.63 Å². The Kier molecular flexibility index (Phi) is 6.19. The minimum Gasteiger partial charge on any atom is -0.496 e. The van der Waals surface area contributed by atoms with Gasteiger partial charge in [-0.25, -0.2) is 9.18 Å². The van der Waals surface area contributed by atoms with Gasteiger partial charge < -0.3 is 14.6 Å². The number of aromatic nitrogens is 1. The average molecular weight is 426 g/mol. The third-order valence-corrected chi connectivity index (χ3v) is 5.13. The number of aryl methyl sites for hydroxylation is 1. The maximum Gasteiger partial charge on any atom is 0.366 e. The van der Waals surface area contributed by atoms with Gasteiger partial charge in [0.2, 0.25) is 5.78 Å². The van der Waals surface area contributed by atoms with E-state index in [1.165, 1.54) is 37.4 Å². The Hall–Kier alpha value is -3.55. The molecule has 1 amide bonds. The summed E-state index contributed by atoms with van der Waals surface area (Å²) in [5.41, 5.74) is -0.00611. The first-order valence-electron chi connectivity index (χ1n) is 9.77. The second-order valence-corrected chi connectivity index (χ2v) is 7.81. The molecule has 7 nitrogen and oxygen atoms in total. The summed E-state index contributed by atoms with van der Waals surface area (Å²) < 4.78 is 23.8. The lowest BCUT2D eigenvalue weighted by Crippen LogP contribution is -2.30. The first-order valence-corrected chi connectivity index (χ1v) is 9.77. The molecular weight excluding hydrogens is 403 g/mol. The van der Waals surface area contributed by atoms with Crippen LogP contribution < -0.4 is 15.7 Å². The molecule has 3 aromatic rings. The maximum absolute atomic E-state index is 13.8. The minimum absolute atomic E-state index is 0.155. The van der Waals surface area contributed by atoms with Crippen LogP contribution in [0.5, 0.6) is 5.75 Å². The number of ether oxygens (including phenoxy) is 1. The Morgan fingerprint density at radius 2 is 1.90 bits per heavy atom. The molecule has 0 fully saturated rings. The zero-order chi connectivity index (χ0) is 22.8. The number of benzene rings is 2. The highest BCUT2D eigenvalue weighted by molar-refractivity contribution is 6.40. The third kappa shape index (κ3) is 4.63. The van der Waals surface area contributed by atoms with E-state index >= 15 is 0 Å². The predicted molar refractivity (Wildman–Crippen MR) is 114 cm³/mol. The third-order valence-electron chi connectivity index (χ3n) is 5.13. The topological polar surface area (TPSA) is 98.5 Å². The first kappa shape index (κ1) is 22.1. The van der Waals surface area contributed by atoms with Gasteiger partial charge in [-0.3, -0.25) is 9.59 Å². The van der Waals surface area contributed by atoms with E-state index in [1.807, 2.05) is 6.92 Å². The second kappa shape index (κ2) is 8.67. The number of fused-ring (bicyclic) bond motifs is 1. The Balaban J connectivity index is 1.82. The van der Waals surface area contributed by atoms with Gasteiger partial charge in [-0.15, -0.1) is 0 Å². The Bertz CT molecular complexity index is 1220. The van der Waals surface area contributed by atoms with Gasteiger partial charge in [0.1, 0.15) is 11.6 Å². The minimum atomic E-state index is -0.844. The molecule has 162 valence electrons. The molecule has 2 aromatic carbocycles. The molecule has 0 saturated carbocycles. The van der Waals surface area contributed by atoms with Crippen LogP contribution in [-0.4, -0.2) is 24.0 Å². The van der Waals surface area contributed by atoms with Crippen LogP contribution >= 0.6 is 0 Å². The lowest BCUT2D eigenvalue weighted by atomic mass is 9.79. The van der Waals surface area contributed by atoms with Crippen LogP contribution in [-0.2, 0) is 21.4 Å². The number of amides is 1. The van der Waals surface area contributed by atoms with Crippen LogP contribution in [0.2, 0.25) is 0 Å². The van der Waals surface area contributed by atoms with E-state index in [4.69, 9.17) is 9.26 Å². The zero-order valence-electron chi connectivity index (χ0n) is 17.7. The molecule has 0 spiro atoms. The molecule has 3 rings (SSSR count). The van der Waals surface area contributed by atoms with E-state index in [0.29, 0.717) is 39.9 Å². The summed E-state index contributed by atoms with van der Waals surface area (Å²) in [5.74, 6) is -1.50. The van der Waals surface area contributed by atoms with Gasteiger partial charge in [0.05, 0.1) is 18.2 Å². The summed E-state index contributed by atoms with van der Waals surface area (Å²) in [6, 6.07) is 8.69. The zero-order valence-corrected chi connectivity index (χ0v) is 17.7. The van der Waals surface area contributed by atoms with Crippen LogP contribution in [0.15, 0.2) is 45.7 Å². The highest BCUT2D eigenvalue weighted by Gasteiger charge is 2.30. The molecule has 0 aliphatic carbocycles. The van der Waals surface area contributed by atoms with Gasteiger partial charge in [0.25, 0.3) is 5.91 Å². The monoisotopic (exact) mass is 426 g/mol. The lowest BCUT2D eigenvalue weighted by Gasteiger charge is -2.26. The van der Waals surface area contributed by atoms with Crippen molar-refractivity contribution < 1.29 is 23.2 Å². The Morgan fingerprint density at radius 3 is 2.58 bits per heavy atom. The fourth-order valence-electron chi connectivity index (χ4n) is 3.48. The molecule has 8 heteroatoms. The summed E-state index contributed by atoms with van der Waals surface area (Å²) in [6.07, 6.45) is 0.373. The quantitative estimate of drug-likeness (QED) is 0.578. The summed E-state index contributed by atoms with van der Waals surface area (Å²) in [4.78, 5) is 37.0. The van der Waals surface area contributed by atoms with Gasteiger partial charge in [0, 0.05) is 28.5 Å². The number of carbonyl (C=O) groups is 2. The molecule has 0 atom stereocenters. The molecule has 0 aliphatic heterocycles. The van der Waals surface area contributed by atoms with Crippen molar-refractivity contribution in [1.82, 2.24) is 5.16 Å². The molecule has 1 heterocycles. The summed E-state index contributed by atoms with van der Waals surface area (Å²) >= 11 is 0. The smallest absolute Gasteiger partial charge is 0.366 e. The second-order valence-electron chi connectivity index (χ2n) is 7.81. The van der Waals surface area contributed by atoms with Crippen molar-refractivity contribution in [3.63, 3.8) is 0 Å². The van der Waals surface area contributed by atoms with E-state index in [0.717, 1.165) is 0 Å². The molecule has 1 N–H and O–H groups in total. The van der Waals surface area contributed by atoms with Crippen LogP contribution in [0.25, 0.3) is 10.8 Å². The maximum atomic E-state index is 13.8. The predicted octanol–water partition coefficient (Wildman–Crippen LogP) is 3.77. The van der Waals surface area contributed by atoms with E-state index in [9.17, 15) is 18.8 Å². The number of hydrogen-bond donors (Lipinski definition) is 1. The summed E-state index contributed by atoms with van der Waals surface area (Å²) in [5, 5.41) is 7.23. The van der Waals surface area contributed by atoms with Crippen molar-refractivity contribution in [2.24, 2.45) is 0 Å². The first-order chi connectivity index (χ1) is 14.7. The SMILES string of the molecule is CCc1noc(=O)c2ccc(NC(=O)C(=O)CC(C)(C)c3cc(F)ccc3OC)cc12. The number of hydrogen-bond acceptors (Lipinski definition) is 6. The number of anilines is 1. The van der Waals surface area contributed by atoms with Crippen LogP contribution in [0, 0.1) is 5.82 Å². The Labute approximate surface area is 178 Å². The number of nitrogens with one attached hydrogen (secondary N) is 1. The Morgan fingerprint density at radius 1 is 1.16 bits per heavy atom. The van der Waals surface area contributed by atoms with E-state index in [1.54, 1.807) is 19.9 Å². The molecule has 0 bridgehead atoms. The number of ketones is 1. The van der Waals surface area contributed by atoms with E-state index in [2.05, 4.69) is 10.5 Å². The molecule has 31 heavy (non-hydrogen) atoms. The van der Waals surface area contributed by atoms with Crippen LogP contribution in [0.4, 0.5) is 10.1 Å². The number of nitrogens with zero attached hydrogens (tertiary/aromatic N) is 1. The van der Waals surface area contributed by atoms with Crippen molar-refractivity contribution in [1.29, 1.82) is 0 Å². The summed E-state index contributed by atoms with van der Waals surface area (Å²) in [6.45, 7) is 5.34. The van der Waals surface area contributed by atoms with Crippen molar-refractivity contribution >= 4 is 28.2 Å². The highest BCUT2D eigenvalue weighted by Crippen LogP contribution is 2.35. The molecule has 0 saturated heterocycles. The number of rotatable bonds is 7. The number of Topliss-reactive ketones (excluding diaryl/α,β-unsaturated/α-hetero) is 1. The van der Waals surface area contributed by atoms with Gasteiger partial charge in [-0.05, 0) is 42.8 Å². The van der Waals surface area contributed by atoms with Crippen molar-refractivity contribution in [2.75, 3.05) is 12.4 Å². The van der Waals surface area contributed by atoms with E-state index in [-0.39, 0.29) is 6.42 Å². The van der Waals surface area contributed by atoms with Gasteiger partial charge in [-0.1, -0.05) is 25.9 Å². The largest absolute Gasteiger partial charge is 0.496 e. The van der Waals surface area contributed by atoms with Crippen molar-refractivity contribution in [3.8, 4) is 5.75 Å². The highest BCUT2D eigenvalue weighted by atomic mass is 19.1. The van der Waals surface area contributed by atoms with Crippen LogP contribution in [0.1, 0.15) is 38.4 Å². The summed E-state index contributed by atoms with van der Waals surface area (Å²) in [7, 11) is 1.46. The fourth-order valence-corrected chi connectivity index (χ4v) is 3.48. The van der Waals surface area contributed by atoms with Crippen molar-refractivity contribution in [3.05, 3.63) is 63.9 Å². The van der Waals surface area contributed by atoms with Crippen LogP contribution in [0.3, 0.4) is 0 Å².